The van der Waals surface area contributed by atoms with Gasteiger partial charge in [0.15, 0.2) is 0 Å². The number of amides is 1. The molecule has 1 aromatic heterocycles. The van der Waals surface area contributed by atoms with Gasteiger partial charge in [0, 0.05) is 18.0 Å². The van der Waals surface area contributed by atoms with Crippen LogP contribution in [0.2, 0.25) is 0 Å². The maximum Gasteiger partial charge on any atom is 0.251 e. The van der Waals surface area contributed by atoms with Crippen LogP contribution in [0.15, 0.2) is 48.8 Å². The molecule has 0 spiro atoms. The number of aryl methyl sites for hydroxylation is 1. The molecule has 98 valence electrons. The summed E-state index contributed by atoms with van der Waals surface area (Å²) < 4.78 is 0. The minimum atomic E-state index is -0.448. The molecule has 0 unspecified atom stereocenters. The maximum absolute atomic E-state index is 12.2. The SMILES string of the molecule is Cc1ccc(C(=O)NC(C)(C)c2cccnc2)cc1. The molecule has 0 aliphatic carbocycles. The average Bonchev–Trinajstić information content (AvgIpc) is 2.40. The van der Waals surface area contributed by atoms with E-state index in [4.69, 9.17) is 0 Å². The van der Waals surface area contributed by atoms with Crippen molar-refractivity contribution >= 4 is 5.91 Å². The number of hydrogen-bond donors (Lipinski definition) is 1. The molecule has 0 saturated carbocycles. The van der Waals surface area contributed by atoms with Gasteiger partial charge in [0.05, 0.1) is 5.54 Å². The van der Waals surface area contributed by atoms with E-state index in [0.29, 0.717) is 5.56 Å². The van der Waals surface area contributed by atoms with E-state index in [1.165, 1.54) is 0 Å². The third-order valence-corrected chi connectivity index (χ3v) is 3.12. The predicted molar refractivity (Wildman–Crippen MR) is 75.9 cm³/mol. The van der Waals surface area contributed by atoms with Crippen molar-refractivity contribution in [2.75, 3.05) is 0 Å². The predicted octanol–water partition coefficient (Wildman–Crippen LogP) is 3.06. The summed E-state index contributed by atoms with van der Waals surface area (Å²) in [6.45, 7) is 5.94. The quantitative estimate of drug-likeness (QED) is 0.914. The van der Waals surface area contributed by atoms with Crippen LogP contribution in [-0.2, 0) is 5.54 Å². The molecule has 0 aliphatic rings. The standard InChI is InChI=1S/C16H18N2O/c1-12-6-8-13(9-7-12)15(19)18-16(2,3)14-5-4-10-17-11-14/h4-11H,1-3H3,(H,18,19). The van der Waals surface area contributed by atoms with Crippen molar-refractivity contribution < 1.29 is 4.79 Å². The Morgan fingerprint density at radius 3 is 2.42 bits per heavy atom. The lowest BCUT2D eigenvalue weighted by Crippen LogP contribution is -2.41. The first kappa shape index (κ1) is 13.3. The fourth-order valence-electron chi connectivity index (χ4n) is 1.87. The van der Waals surface area contributed by atoms with E-state index >= 15 is 0 Å². The lowest BCUT2D eigenvalue weighted by molar-refractivity contribution is 0.0912. The second-order valence-electron chi connectivity index (χ2n) is 5.19. The molecule has 1 N–H and O–H groups in total. The summed E-state index contributed by atoms with van der Waals surface area (Å²) in [4.78, 5) is 16.3. The summed E-state index contributed by atoms with van der Waals surface area (Å²) in [6.07, 6.45) is 3.50. The molecule has 3 nitrogen and oxygen atoms in total. The van der Waals surface area contributed by atoms with Gasteiger partial charge in [0.25, 0.3) is 5.91 Å². The number of nitrogens with zero attached hydrogens (tertiary/aromatic N) is 1. The van der Waals surface area contributed by atoms with Gasteiger partial charge in [-0.05, 0) is 44.5 Å². The van der Waals surface area contributed by atoms with Crippen LogP contribution in [0, 0.1) is 6.92 Å². The van der Waals surface area contributed by atoms with Gasteiger partial charge in [0.2, 0.25) is 0 Å². The molecule has 2 aromatic rings. The number of benzene rings is 1. The van der Waals surface area contributed by atoms with Crippen LogP contribution in [0.4, 0.5) is 0 Å². The third kappa shape index (κ3) is 3.19. The molecule has 0 saturated heterocycles. The highest BCUT2D eigenvalue weighted by atomic mass is 16.1. The van der Waals surface area contributed by atoms with Gasteiger partial charge in [-0.1, -0.05) is 23.8 Å². The van der Waals surface area contributed by atoms with Gasteiger partial charge in [-0.2, -0.15) is 0 Å². The Hall–Kier alpha value is -2.16. The summed E-state index contributed by atoms with van der Waals surface area (Å²) in [5.74, 6) is -0.0751. The number of aromatic nitrogens is 1. The molecule has 3 heteroatoms. The summed E-state index contributed by atoms with van der Waals surface area (Å²) >= 11 is 0. The number of carbonyl (C=O) groups excluding carboxylic acids is 1. The van der Waals surface area contributed by atoms with Gasteiger partial charge in [-0.15, -0.1) is 0 Å². The number of carbonyl (C=O) groups is 1. The number of pyridine rings is 1. The molecule has 0 fully saturated rings. The van der Waals surface area contributed by atoms with Crippen LogP contribution >= 0.6 is 0 Å². The molecule has 2 rings (SSSR count). The average molecular weight is 254 g/mol. The Morgan fingerprint density at radius 1 is 1.16 bits per heavy atom. The van der Waals surface area contributed by atoms with Gasteiger partial charge >= 0.3 is 0 Å². The van der Waals surface area contributed by atoms with Crippen molar-refractivity contribution in [2.24, 2.45) is 0 Å². The van der Waals surface area contributed by atoms with E-state index in [9.17, 15) is 4.79 Å². The highest BCUT2D eigenvalue weighted by Crippen LogP contribution is 2.19. The van der Waals surface area contributed by atoms with E-state index in [1.54, 1.807) is 12.4 Å². The third-order valence-electron chi connectivity index (χ3n) is 3.12. The van der Waals surface area contributed by atoms with Crippen molar-refractivity contribution in [3.8, 4) is 0 Å². The first-order chi connectivity index (χ1) is 8.99. The number of hydrogen-bond acceptors (Lipinski definition) is 2. The number of rotatable bonds is 3. The summed E-state index contributed by atoms with van der Waals surface area (Å²) in [5.41, 5.74) is 2.34. The fourth-order valence-corrected chi connectivity index (χ4v) is 1.87. The Morgan fingerprint density at radius 2 is 1.84 bits per heavy atom. The van der Waals surface area contributed by atoms with Gasteiger partial charge in [-0.3, -0.25) is 9.78 Å². The van der Waals surface area contributed by atoms with Crippen LogP contribution in [0.1, 0.15) is 35.3 Å². The van der Waals surface area contributed by atoms with Crippen molar-refractivity contribution in [2.45, 2.75) is 26.3 Å². The summed E-state index contributed by atoms with van der Waals surface area (Å²) in [5, 5.41) is 3.03. The Kier molecular flexibility index (Phi) is 3.65. The maximum atomic E-state index is 12.2. The van der Waals surface area contributed by atoms with Crippen LogP contribution in [0.25, 0.3) is 0 Å². The number of nitrogens with one attached hydrogen (secondary N) is 1. The zero-order valence-corrected chi connectivity index (χ0v) is 11.5. The van der Waals surface area contributed by atoms with Gasteiger partial charge in [-0.25, -0.2) is 0 Å². The molecular weight excluding hydrogens is 236 g/mol. The summed E-state index contributed by atoms with van der Waals surface area (Å²) in [6, 6.07) is 11.4. The molecule has 1 heterocycles. The van der Waals surface area contributed by atoms with Crippen LogP contribution in [0.5, 0.6) is 0 Å². The van der Waals surface area contributed by atoms with Crippen molar-refractivity contribution in [3.05, 3.63) is 65.5 Å². The molecule has 19 heavy (non-hydrogen) atoms. The molecule has 0 aliphatic heterocycles. The monoisotopic (exact) mass is 254 g/mol. The van der Waals surface area contributed by atoms with Crippen LogP contribution in [-0.4, -0.2) is 10.9 Å². The lowest BCUT2D eigenvalue weighted by atomic mass is 9.95. The zero-order chi connectivity index (χ0) is 13.9. The van der Waals surface area contributed by atoms with Crippen molar-refractivity contribution in [1.82, 2.24) is 10.3 Å². The fraction of sp³-hybridized carbons (Fsp3) is 0.250. The van der Waals surface area contributed by atoms with E-state index < -0.39 is 5.54 Å². The minimum absolute atomic E-state index is 0.0751. The Bertz CT molecular complexity index is 559. The van der Waals surface area contributed by atoms with Gasteiger partial charge in [0.1, 0.15) is 0 Å². The van der Waals surface area contributed by atoms with E-state index in [0.717, 1.165) is 11.1 Å². The Balaban J connectivity index is 2.16. The second kappa shape index (κ2) is 5.22. The Labute approximate surface area is 113 Å². The minimum Gasteiger partial charge on any atom is -0.343 e. The lowest BCUT2D eigenvalue weighted by Gasteiger charge is -2.26. The largest absolute Gasteiger partial charge is 0.343 e. The van der Waals surface area contributed by atoms with E-state index in [-0.39, 0.29) is 5.91 Å². The second-order valence-corrected chi connectivity index (χ2v) is 5.19. The zero-order valence-electron chi connectivity index (χ0n) is 11.5. The smallest absolute Gasteiger partial charge is 0.251 e. The first-order valence-electron chi connectivity index (χ1n) is 6.29. The van der Waals surface area contributed by atoms with Crippen LogP contribution < -0.4 is 5.32 Å². The van der Waals surface area contributed by atoms with Gasteiger partial charge < -0.3 is 5.32 Å². The van der Waals surface area contributed by atoms with Crippen molar-refractivity contribution in [3.63, 3.8) is 0 Å². The summed E-state index contributed by atoms with van der Waals surface area (Å²) in [7, 11) is 0. The van der Waals surface area contributed by atoms with Crippen molar-refractivity contribution in [1.29, 1.82) is 0 Å². The molecular formula is C16H18N2O. The first-order valence-corrected chi connectivity index (χ1v) is 6.29. The van der Waals surface area contributed by atoms with Crippen LogP contribution in [0.3, 0.4) is 0 Å². The molecule has 0 atom stereocenters. The van der Waals surface area contributed by atoms with E-state index in [1.807, 2.05) is 57.2 Å². The molecule has 0 radical (unpaired) electrons. The normalized spacial score (nSPS) is 11.1. The highest BCUT2D eigenvalue weighted by molar-refractivity contribution is 5.94. The highest BCUT2D eigenvalue weighted by Gasteiger charge is 2.23. The topological polar surface area (TPSA) is 42.0 Å². The molecule has 1 amide bonds. The molecule has 0 bridgehead atoms. The molecule has 1 aromatic carbocycles. The van der Waals surface area contributed by atoms with E-state index in [2.05, 4.69) is 10.3 Å².